The normalized spacial score (nSPS) is 15.1. The average Bonchev–Trinajstić information content (AvgIpc) is 2.97. The smallest absolute Gasteiger partial charge is 0.289 e. The number of benzene rings is 2. The molecule has 1 fully saturated rings. The summed E-state index contributed by atoms with van der Waals surface area (Å²) in [5.41, 5.74) is 3.51. The second kappa shape index (κ2) is 9.69. The molecular weight excluding hydrogens is 436 g/mol. The van der Waals surface area contributed by atoms with Crippen LogP contribution in [-0.4, -0.2) is 38.9 Å². The number of amides is 1. The topological polar surface area (TPSA) is 79.6 Å². The molecule has 4 rings (SSSR count). The molecule has 0 aliphatic carbocycles. The van der Waals surface area contributed by atoms with Crippen LogP contribution in [0.15, 0.2) is 45.7 Å². The van der Waals surface area contributed by atoms with Gasteiger partial charge in [-0.25, -0.2) is 13.1 Å². The maximum absolute atomic E-state index is 13.4. The predicted octanol–water partition coefficient (Wildman–Crippen LogP) is 4.90. The van der Waals surface area contributed by atoms with Crippen molar-refractivity contribution < 1.29 is 17.6 Å². The second-order valence-electron chi connectivity index (χ2n) is 8.92. The first kappa shape index (κ1) is 23.5. The summed E-state index contributed by atoms with van der Waals surface area (Å²) < 4.78 is 35.6. The predicted molar refractivity (Wildman–Crippen MR) is 130 cm³/mol. The van der Waals surface area contributed by atoms with Gasteiger partial charge in [-0.2, -0.15) is 0 Å². The van der Waals surface area contributed by atoms with Crippen LogP contribution in [0.3, 0.4) is 0 Å². The summed E-state index contributed by atoms with van der Waals surface area (Å²) in [5.74, 6) is 0.0962. The minimum Gasteiger partial charge on any atom is -0.449 e. The maximum Gasteiger partial charge on any atom is 0.289 e. The van der Waals surface area contributed by atoms with Crippen molar-refractivity contribution in [3.63, 3.8) is 0 Å². The van der Waals surface area contributed by atoms with Gasteiger partial charge in [0.05, 0.1) is 0 Å². The van der Waals surface area contributed by atoms with E-state index >= 15 is 0 Å². The largest absolute Gasteiger partial charge is 0.449 e. The van der Waals surface area contributed by atoms with E-state index in [1.54, 1.807) is 6.92 Å². The number of fused-ring (bicyclic) bond motifs is 1. The fourth-order valence-electron chi connectivity index (χ4n) is 4.53. The lowest BCUT2D eigenvalue weighted by atomic mass is 10.0. The molecule has 2 aromatic carbocycles. The number of carbonyl (C=O) groups excluding carboxylic acids is 1. The van der Waals surface area contributed by atoms with E-state index in [1.165, 1.54) is 0 Å². The van der Waals surface area contributed by atoms with Crippen LogP contribution in [0.1, 0.15) is 58.5 Å². The van der Waals surface area contributed by atoms with Gasteiger partial charge in [0.2, 0.25) is 10.0 Å². The van der Waals surface area contributed by atoms with E-state index < -0.39 is 10.0 Å². The number of aryl methyl sites for hydroxylation is 2. The number of carbonyl (C=O) groups is 1. The molecule has 1 aromatic heterocycles. The molecule has 0 radical (unpaired) electrons. The number of furan rings is 1. The highest BCUT2D eigenvalue weighted by Gasteiger charge is 2.29. The first-order valence-electron chi connectivity index (χ1n) is 11.7. The molecule has 1 N–H and O–H groups in total. The minimum atomic E-state index is -3.84. The summed E-state index contributed by atoms with van der Waals surface area (Å²) >= 11 is 0. The van der Waals surface area contributed by atoms with Gasteiger partial charge < -0.3 is 9.32 Å². The van der Waals surface area contributed by atoms with E-state index in [9.17, 15) is 13.2 Å². The number of nitrogens with one attached hydrogen (secondary N) is 1. The van der Waals surface area contributed by atoms with Gasteiger partial charge in [0.1, 0.15) is 4.90 Å². The highest BCUT2D eigenvalue weighted by atomic mass is 32.2. The van der Waals surface area contributed by atoms with Crippen molar-refractivity contribution in [3.05, 3.63) is 64.4 Å². The van der Waals surface area contributed by atoms with Gasteiger partial charge >= 0.3 is 0 Å². The fourth-order valence-corrected chi connectivity index (χ4v) is 6.01. The van der Waals surface area contributed by atoms with E-state index in [4.69, 9.17) is 4.42 Å². The Kier molecular flexibility index (Phi) is 6.91. The van der Waals surface area contributed by atoms with Crippen LogP contribution in [-0.2, 0) is 16.4 Å². The van der Waals surface area contributed by atoms with E-state index in [2.05, 4.69) is 4.72 Å². The van der Waals surface area contributed by atoms with Gasteiger partial charge in [-0.1, -0.05) is 43.2 Å². The van der Waals surface area contributed by atoms with Crippen LogP contribution in [0.2, 0.25) is 0 Å². The van der Waals surface area contributed by atoms with Crippen LogP contribution < -0.4 is 4.72 Å². The summed E-state index contributed by atoms with van der Waals surface area (Å²) in [6.45, 7) is 7.21. The monoisotopic (exact) mass is 468 g/mol. The summed E-state index contributed by atoms with van der Waals surface area (Å²) in [6, 6.07) is 11.7. The van der Waals surface area contributed by atoms with Gasteiger partial charge in [0, 0.05) is 30.6 Å². The summed E-state index contributed by atoms with van der Waals surface area (Å²) in [7, 11) is -3.84. The maximum atomic E-state index is 13.4. The molecular formula is C26H32N2O4S. The van der Waals surface area contributed by atoms with Crippen molar-refractivity contribution in [1.29, 1.82) is 0 Å². The van der Waals surface area contributed by atoms with Crippen molar-refractivity contribution in [3.8, 4) is 0 Å². The Labute approximate surface area is 196 Å². The number of rotatable bonds is 6. The lowest BCUT2D eigenvalue weighted by Gasteiger charge is -2.19. The van der Waals surface area contributed by atoms with Crippen LogP contribution >= 0.6 is 0 Å². The van der Waals surface area contributed by atoms with E-state index in [0.29, 0.717) is 36.0 Å². The van der Waals surface area contributed by atoms with Crippen LogP contribution in [0.25, 0.3) is 11.0 Å². The molecule has 0 saturated carbocycles. The SMILES string of the molecule is Cc1cc2c(C)c(C(=O)N3CCCCCC3)oc2c(S(=O)(=O)NCCc2ccccc2)c1C. The lowest BCUT2D eigenvalue weighted by molar-refractivity contribution is 0.0731. The Bertz CT molecular complexity index is 1250. The average molecular weight is 469 g/mol. The number of hydrogen-bond donors (Lipinski definition) is 1. The van der Waals surface area contributed by atoms with E-state index in [0.717, 1.165) is 36.8 Å². The summed E-state index contributed by atoms with van der Waals surface area (Å²) in [6.07, 6.45) is 4.79. The molecule has 33 heavy (non-hydrogen) atoms. The Morgan fingerprint density at radius 3 is 2.33 bits per heavy atom. The van der Waals surface area contributed by atoms with E-state index in [-0.39, 0.29) is 28.7 Å². The molecule has 0 atom stereocenters. The van der Waals surface area contributed by atoms with Crippen LogP contribution in [0.4, 0.5) is 0 Å². The zero-order valence-electron chi connectivity index (χ0n) is 19.6. The third kappa shape index (κ3) is 4.84. The quantitative estimate of drug-likeness (QED) is 0.558. The number of nitrogens with zero attached hydrogens (tertiary/aromatic N) is 1. The third-order valence-electron chi connectivity index (χ3n) is 6.60. The van der Waals surface area contributed by atoms with Crippen LogP contribution in [0.5, 0.6) is 0 Å². The summed E-state index contributed by atoms with van der Waals surface area (Å²) in [5, 5.41) is 0.680. The molecule has 1 amide bonds. The van der Waals surface area contributed by atoms with Crippen molar-refractivity contribution in [2.24, 2.45) is 0 Å². The van der Waals surface area contributed by atoms with Crippen LogP contribution in [0, 0.1) is 20.8 Å². The molecule has 7 heteroatoms. The molecule has 2 heterocycles. The van der Waals surface area contributed by atoms with Gasteiger partial charge in [-0.05, 0) is 62.8 Å². The molecule has 0 bridgehead atoms. The zero-order chi connectivity index (χ0) is 23.6. The van der Waals surface area contributed by atoms with Gasteiger partial charge in [-0.15, -0.1) is 0 Å². The third-order valence-corrected chi connectivity index (χ3v) is 8.21. The van der Waals surface area contributed by atoms with Gasteiger partial charge in [0.25, 0.3) is 5.91 Å². The molecule has 6 nitrogen and oxygen atoms in total. The molecule has 176 valence electrons. The molecule has 1 saturated heterocycles. The Hall–Kier alpha value is -2.64. The minimum absolute atomic E-state index is 0.128. The van der Waals surface area contributed by atoms with Crippen molar-refractivity contribution in [1.82, 2.24) is 9.62 Å². The highest BCUT2D eigenvalue weighted by molar-refractivity contribution is 7.89. The lowest BCUT2D eigenvalue weighted by Crippen LogP contribution is -2.31. The second-order valence-corrected chi connectivity index (χ2v) is 10.6. The molecule has 3 aromatic rings. The Balaban J connectivity index is 1.69. The summed E-state index contributed by atoms with van der Waals surface area (Å²) in [4.78, 5) is 15.2. The van der Waals surface area contributed by atoms with Crippen molar-refractivity contribution in [2.45, 2.75) is 57.8 Å². The standard InChI is InChI=1S/C26H32N2O4S/c1-18-17-22-20(3)23(26(29)28-15-9-4-5-10-16-28)32-24(22)25(19(18)2)33(30,31)27-14-13-21-11-7-6-8-12-21/h6-8,11-12,17,27H,4-5,9-10,13-16H2,1-3H3. The fraction of sp³-hybridized carbons (Fsp3) is 0.423. The Morgan fingerprint density at radius 1 is 1.00 bits per heavy atom. The molecule has 1 aliphatic heterocycles. The highest BCUT2D eigenvalue weighted by Crippen LogP contribution is 2.35. The number of hydrogen-bond acceptors (Lipinski definition) is 4. The number of likely N-dealkylation sites (tertiary alicyclic amines) is 1. The van der Waals surface area contributed by atoms with Gasteiger partial charge in [-0.3, -0.25) is 4.79 Å². The molecule has 0 unspecified atom stereocenters. The first-order chi connectivity index (χ1) is 15.8. The molecule has 0 spiro atoms. The number of sulfonamides is 1. The Morgan fingerprint density at radius 2 is 1.67 bits per heavy atom. The molecule has 1 aliphatic rings. The van der Waals surface area contributed by atoms with Crippen molar-refractivity contribution in [2.75, 3.05) is 19.6 Å². The van der Waals surface area contributed by atoms with Crippen molar-refractivity contribution >= 4 is 26.9 Å². The van der Waals surface area contributed by atoms with E-state index in [1.807, 2.05) is 55.1 Å². The zero-order valence-corrected chi connectivity index (χ0v) is 20.4. The first-order valence-corrected chi connectivity index (χ1v) is 13.1. The van der Waals surface area contributed by atoms with Gasteiger partial charge in [0.15, 0.2) is 11.3 Å².